The van der Waals surface area contributed by atoms with Gasteiger partial charge in [-0.15, -0.1) is 0 Å². The summed E-state index contributed by atoms with van der Waals surface area (Å²) in [5.41, 5.74) is 6.27. The van der Waals surface area contributed by atoms with E-state index >= 15 is 0 Å². The SMILES string of the molecule is Nc1ncc(C(O)c2ccc(Cl)cc2)s1. The molecule has 3 N–H and O–H groups in total. The van der Waals surface area contributed by atoms with Gasteiger partial charge in [-0.05, 0) is 17.7 Å². The molecule has 0 radical (unpaired) electrons. The molecule has 1 atom stereocenters. The first-order valence-electron chi connectivity index (χ1n) is 4.31. The molecule has 1 aromatic heterocycles. The monoisotopic (exact) mass is 240 g/mol. The Labute approximate surface area is 96.2 Å². The zero-order chi connectivity index (χ0) is 10.8. The van der Waals surface area contributed by atoms with Gasteiger partial charge in [-0.1, -0.05) is 35.1 Å². The quantitative estimate of drug-likeness (QED) is 0.848. The summed E-state index contributed by atoms with van der Waals surface area (Å²) in [5, 5.41) is 11.1. The van der Waals surface area contributed by atoms with Crippen molar-refractivity contribution in [3.05, 3.63) is 45.9 Å². The minimum absolute atomic E-state index is 0.456. The lowest BCUT2D eigenvalue weighted by molar-refractivity contribution is 0.224. The van der Waals surface area contributed by atoms with E-state index in [0.717, 1.165) is 10.4 Å². The molecule has 0 amide bonds. The van der Waals surface area contributed by atoms with Crippen LogP contribution < -0.4 is 5.73 Å². The third kappa shape index (κ3) is 2.28. The summed E-state index contributed by atoms with van der Waals surface area (Å²) in [7, 11) is 0. The predicted molar refractivity (Wildman–Crippen MR) is 62.0 cm³/mol. The molecule has 2 aromatic rings. The molecule has 2 rings (SSSR count). The molecule has 0 aliphatic heterocycles. The number of halogens is 1. The van der Waals surface area contributed by atoms with Crippen molar-refractivity contribution >= 4 is 28.1 Å². The minimum Gasteiger partial charge on any atom is -0.383 e. The normalized spacial score (nSPS) is 12.7. The number of nitrogens with zero attached hydrogens (tertiary/aromatic N) is 1. The van der Waals surface area contributed by atoms with Crippen LogP contribution in [0.2, 0.25) is 5.02 Å². The second-order valence-corrected chi connectivity index (χ2v) is 4.59. The third-order valence-electron chi connectivity index (χ3n) is 2.00. The first-order chi connectivity index (χ1) is 7.16. The van der Waals surface area contributed by atoms with Gasteiger partial charge in [0.25, 0.3) is 0 Å². The third-order valence-corrected chi connectivity index (χ3v) is 3.13. The Kier molecular flexibility index (Phi) is 2.90. The number of nitrogens with two attached hydrogens (primary N) is 1. The largest absolute Gasteiger partial charge is 0.383 e. The van der Waals surface area contributed by atoms with Crippen LogP contribution in [0.15, 0.2) is 30.5 Å². The van der Waals surface area contributed by atoms with E-state index in [-0.39, 0.29) is 0 Å². The lowest BCUT2D eigenvalue weighted by Crippen LogP contribution is -1.96. The van der Waals surface area contributed by atoms with Crippen LogP contribution in [-0.4, -0.2) is 10.1 Å². The molecule has 0 aliphatic rings. The number of hydrogen-bond donors (Lipinski definition) is 2. The smallest absolute Gasteiger partial charge is 0.180 e. The van der Waals surface area contributed by atoms with Gasteiger partial charge in [-0.3, -0.25) is 0 Å². The second kappa shape index (κ2) is 4.18. The first-order valence-corrected chi connectivity index (χ1v) is 5.51. The van der Waals surface area contributed by atoms with E-state index < -0.39 is 6.10 Å². The van der Waals surface area contributed by atoms with Crippen molar-refractivity contribution in [1.82, 2.24) is 4.98 Å². The Morgan fingerprint density at radius 3 is 2.53 bits per heavy atom. The van der Waals surface area contributed by atoms with Gasteiger partial charge in [0.15, 0.2) is 5.13 Å². The molecule has 0 saturated carbocycles. The van der Waals surface area contributed by atoms with Crippen molar-refractivity contribution in [2.75, 3.05) is 5.73 Å². The Balaban J connectivity index is 2.28. The highest BCUT2D eigenvalue weighted by Crippen LogP contribution is 2.28. The lowest BCUT2D eigenvalue weighted by atomic mass is 10.1. The first kappa shape index (κ1) is 10.4. The average molecular weight is 241 g/mol. The Bertz CT molecular complexity index is 455. The number of benzene rings is 1. The highest BCUT2D eigenvalue weighted by molar-refractivity contribution is 7.15. The van der Waals surface area contributed by atoms with E-state index in [2.05, 4.69) is 4.98 Å². The van der Waals surface area contributed by atoms with Crippen LogP contribution in [0.5, 0.6) is 0 Å². The molecule has 15 heavy (non-hydrogen) atoms. The van der Waals surface area contributed by atoms with Crippen molar-refractivity contribution in [1.29, 1.82) is 0 Å². The standard InChI is InChI=1S/C10H9ClN2OS/c11-7-3-1-6(2-4-7)9(14)8-5-13-10(12)15-8/h1-5,9,14H,(H2,12,13). The number of anilines is 1. The van der Waals surface area contributed by atoms with Crippen molar-refractivity contribution in [3.63, 3.8) is 0 Å². The molecule has 0 fully saturated rings. The van der Waals surface area contributed by atoms with Crippen molar-refractivity contribution in [2.45, 2.75) is 6.10 Å². The fraction of sp³-hybridized carbons (Fsp3) is 0.100. The lowest BCUT2D eigenvalue weighted by Gasteiger charge is -2.07. The highest BCUT2D eigenvalue weighted by atomic mass is 35.5. The Morgan fingerprint density at radius 1 is 1.33 bits per heavy atom. The molecule has 0 saturated heterocycles. The maximum absolute atomic E-state index is 9.97. The van der Waals surface area contributed by atoms with E-state index in [0.29, 0.717) is 10.2 Å². The summed E-state index contributed by atoms with van der Waals surface area (Å²) in [6.07, 6.45) is 0.899. The zero-order valence-electron chi connectivity index (χ0n) is 7.72. The van der Waals surface area contributed by atoms with Gasteiger partial charge >= 0.3 is 0 Å². The van der Waals surface area contributed by atoms with Gasteiger partial charge in [0, 0.05) is 11.2 Å². The minimum atomic E-state index is -0.683. The van der Waals surface area contributed by atoms with E-state index in [4.69, 9.17) is 17.3 Å². The van der Waals surface area contributed by atoms with Gasteiger partial charge in [-0.25, -0.2) is 4.98 Å². The van der Waals surface area contributed by atoms with Crippen LogP contribution in [0.4, 0.5) is 5.13 Å². The van der Waals surface area contributed by atoms with E-state index in [1.54, 1.807) is 30.5 Å². The number of nitrogen functional groups attached to an aromatic ring is 1. The van der Waals surface area contributed by atoms with Crippen molar-refractivity contribution in [2.24, 2.45) is 0 Å². The second-order valence-electron chi connectivity index (χ2n) is 3.05. The van der Waals surface area contributed by atoms with Crippen LogP contribution in [0.25, 0.3) is 0 Å². The fourth-order valence-corrected chi connectivity index (χ4v) is 2.06. The summed E-state index contributed by atoms with van der Waals surface area (Å²) in [4.78, 5) is 4.62. The van der Waals surface area contributed by atoms with Crippen molar-refractivity contribution < 1.29 is 5.11 Å². The summed E-state index contributed by atoms with van der Waals surface area (Å²) >= 11 is 7.03. The van der Waals surface area contributed by atoms with Gasteiger partial charge < -0.3 is 10.8 Å². The number of rotatable bonds is 2. The molecular weight excluding hydrogens is 232 g/mol. The van der Waals surface area contributed by atoms with Crippen LogP contribution in [0.1, 0.15) is 16.5 Å². The van der Waals surface area contributed by atoms with E-state index in [1.807, 2.05) is 0 Å². The number of aromatic nitrogens is 1. The molecular formula is C10H9ClN2OS. The molecule has 1 heterocycles. The Morgan fingerprint density at radius 2 is 2.00 bits per heavy atom. The predicted octanol–water partition coefficient (Wildman–Crippen LogP) is 2.46. The topological polar surface area (TPSA) is 59.1 Å². The van der Waals surface area contributed by atoms with E-state index in [1.165, 1.54) is 11.3 Å². The zero-order valence-corrected chi connectivity index (χ0v) is 9.29. The molecule has 0 bridgehead atoms. The number of thiazole rings is 1. The maximum Gasteiger partial charge on any atom is 0.180 e. The van der Waals surface area contributed by atoms with Crippen LogP contribution in [-0.2, 0) is 0 Å². The molecule has 0 spiro atoms. The number of aliphatic hydroxyl groups is 1. The highest BCUT2D eigenvalue weighted by Gasteiger charge is 2.12. The van der Waals surface area contributed by atoms with Crippen LogP contribution in [0, 0.1) is 0 Å². The van der Waals surface area contributed by atoms with Crippen molar-refractivity contribution in [3.8, 4) is 0 Å². The fourth-order valence-electron chi connectivity index (χ4n) is 1.24. The van der Waals surface area contributed by atoms with Gasteiger partial charge in [0.05, 0.1) is 4.88 Å². The molecule has 0 aliphatic carbocycles. The summed E-state index contributed by atoms with van der Waals surface area (Å²) in [6, 6.07) is 7.04. The summed E-state index contributed by atoms with van der Waals surface area (Å²) in [5.74, 6) is 0. The van der Waals surface area contributed by atoms with Crippen LogP contribution >= 0.6 is 22.9 Å². The van der Waals surface area contributed by atoms with Gasteiger partial charge in [0.2, 0.25) is 0 Å². The average Bonchev–Trinajstić information content (AvgIpc) is 2.65. The van der Waals surface area contributed by atoms with E-state index in [9.17, 15) is 5.11 Å². The maximum atomic E-state index is 9.97. The molecule has 5 heteroatoms. The summed E-state index contributed by atoms with van der Waals surface area (Å²) in [6.45, 7) is 0. The Hall–Kier alpha value is -1.10. The molecule has 1 unspecified atom stereocenters. The van der Waals surface area contributed by atoms with Crippen LogP contribution in [0.3, 0.4) is 0 Å². The number of aliphatic hydroxyl groups excluding tert-OH is 1. The summed E-state index contributed by atoms with van der Waals surface area (Å²) < 4.78 is 0. The molecule has 1 aromatic carbocycles. The molecule has 3 nitrogen and oxygen atoms in total. The molecule has 78 valence electrons. The number of hydrogen-bond acceptors (Lipinski definition) is 4. The van der Waals surface area contributed by atoms with Gasteiger partial charge in [0.1, 0.15) is 6.10 Å². The van der Waals surface area contributed by atoms with Gasteiger partial charge in [-0.2, -0.15) is 0 Å².